The number of nitrogens with one attached hydrogen (secondary N) is 2. The van der Waals surface area contributed by atoms with Gasteiger partial charge in [-0.2, -0.15) is 10.1 Å². The lowest BCUT2D eigenvalue weighted by Gasteiger charge is -2.12. The van der Waals surface area contributed by atoms with Gasteiger partial charge in [0.2, 0.25) is 5.95 Å². The van der Waals surface area contributed by atoms with E-state index in [0.29, 0.717) is 28.7 Å². The number of hydrogen-bond acceptors (Lipinski definition) is 7. The molecule has 0 atom stereocenters. The molecule has 0 aliphatic heterocycles. The van der Waals surface area contributed by atoms with Crippen LogP contribution in [0, 0.1) is 5.82 Å². The Morgan fingerprint density at radius 3 is 2.64 bits per heavy atom. The zero-order valence-electron chi connectivity index (χ0n) is 13.7. The van der Waals surface area contributed by atoms with Crippen molar-refractivity contribution in [3.8, 4) is 11.5 Å². The largest absolute Gasteiger partial charge is 0.497 e. The van der Waals surface area contributed by atoms with Crippen LogP contribution >= 0.6 is 0 Å². The van der Waals surface area contributed by atoms with Gasteiger partial charge in [-0.25, -0.2) is 4.39 Å². The summed E-state index contributed by atoms with van der Waals surface area (Å²) in [5, 5.41) is 13.8. The van der Waals surface area contributed by atoms with Crippen molar-refractivity contribution < 1.29 is 13.9 Å². The van der Waals surface area contributed by atoms with Crippen molar-refractivity contribution in [2.45, 2.75) is 0 Å². The molecule has 0 aliphatic carbocycles. The maximum Gasteiger partial charge on any atom is 0.249 e. The van der Waals surface area contributed by atoms with Crippen LogP contribution < -0.4 is 20.1 Å². The number of halogens is 1. The Labute approximate surface area is 143 Å². The van der Waals surface area contributed by atoms with E-state index in [4.69, 9.17) is 9.47 Å². The molecule has 3 rings (SSSR count). The van der Waals surface area contributed by atoms with E-state index in [-0.39, 0.29) is 11.8 Å². The molecular weight excluding hydrogens is 325 g/mol. The second-order valence-corrected chi connectivity index (χ2v) is 4.99. The van der Waals surface area contributed by atoms with Crippen LogP contribution in [0.2, 0.25) is 0 Å². The summed E-state index contributed by atoms with van der Waals surface area (Å²) < 4.78 is 23.7. The van der Waals surface area contributed by atoms with Crippen LogP contribution in [0.15, 0.2) is 48.7 Å². The highest BCUT2D eigenvalue weighted by atomic mass is 19.1. The van der Waals surface area contributed by atoms with Crippen molar-refractivity contribution in [1.29, 1.82) is 0 Å². The molecule has 0 radical (unpaired) electrons. The molecule has 3 aromatic rings. The Morgan fingerprint density at radius 1 is 1.00 bits per heavy atom. The van der Waals surface area contributed by atoms with E-state index in [0.717, 1.165) is 0 Å². The van der Waals surface area contributed by atoms with Crippen LogP contribution in [0.1, 0.15) is 0 Å². The van der Waals surface area contributed by atoms with Gasteiger partial charge in [0.1, 0.15) is 17.3 Å². The summed E-state index contributed by atoms with van der Waals surface area (Å²) in [6, 6.07) is 11.4. The van der Waals surface area contributed by atoms with Crippen LogP contribution in [-0.2, 0) is 0 Å². The lowest BCUT2D eigenvalue weighted by atomic mass is 10.2. The molecule has 0 unspecified atom stereocenters. The third-order valence-corrected chi connectivity index (χ3v) is 3.31. The number of rotatable bonds is 6. The predicted octanol–water partition coefficient (Wildman–Crippen LogP) is 3.52. The number of hydrogen-bond donors (Lipinski definition) is 2. The third kappa shape index (κ3) is 4.11. The van der Waals surface area contributed by atoms with E-state index in [1.807, 2.05) is 0 Å². The molecule has 1 heterocycles. The van der Waals surface area contributed by atoms with Gasteiger partial charge in [-0.3, -0.25) is 0 Å². The van der Waals surface area contributed by atoms with Gasteiger partial charge in [0.25, 0.3) is 0 Å². The molecule has 7 nitrogen and oxygen atoms in total. The average Bonchev–Trinajstić information content (AvgIpc) is 2.62. The summed E-state index contributed by atoms with van der Waals surface area (Å²) >= 11 is 0. The highest BCUT2D eigenvalue weighted by molar-refractivity contribution is 5.65. The number of benzene rings is 2. The molecule has 0 fully saturated rings. The van der Waals surface area contributed by atoms with Gasteiger partial charge in [-0.1, -0.05) is 6.07 Å². The van der Waals surface area contributed by atoms with Crippen LogP contribution in [0.25, 0.3) is 0 Å². The Bertz CT molecular complexity index is 875. The van der Waals surface area contributed by atoms with Gasteiger partial charge in [0.05, 0.1) is 26.1 Å². The fourth-order valence-electron chi connectivity index (χ4n) is 2.15. The first-order chi connectivity index (χ1) is 12.2. The van der Waals surface area contributed by atoms with E-state index in [1.165, 1.54) is 18.3 Å². The van der Waals surface area contributed by atoms with E-state index in [1.54, 1.807) is 44.6 Å². The standard InChI is InChI=1S/C17H16FN5O2/c1-24-13-6-7-14(15(9-13)25-2)21-17-22-16(10-19-23-17)20-12-5-3-4-11(18)8-12/h3-10H,1-2H3,(H2,20,21,22,23). The van der Waals surface area contributed by atoms with Gasteiger partial charge in [0, 0.05) is 11.8 Å². The zero-order valence-corrected chi connectivity index (χ0v) is 13.7. The van der Waals surface area contributed by atoms with Gasteiger partial charge in [0.15, 0.2) is 5.82 Å². The minimum absolute atomic E-state index is 0.268. The Hall–Kier alpha value is -3.42. The topological polar surface area (TPSA) is 81.2 Å². The van der Waals surface area contributed by atoms with Crippen LogP contribution in [0.4, 0.5) is 27.5 Å². The molecule has 2 aromatic carbocycles. The monoisotopic (exact) mass is 341 g/mol. The van der Waals surface area contributed by atoms with Crippen LogP contribution in [-0.4, -0.2) is 29.4 Å². The number of ether oxygens (including phenoxy) is 2. The molecule has 25 heavy (non-hydrogen) atoms. The molecule has 1 aromatic heterocycles. The summed E-state index contributed by atoms with van der Waals surface area (Å²) in [5.41, 5.74) is 1.22. The van der Waals surface area contributed by atoms with Gasteiger partial charge >= 0.3 is 0 Å². The third-order valence-electron chi connectivity index (χ3n) is 3.31. The first kappa shape index (κ1) is 16.4. The van der Waals surface area contributed by atoms with Gasteiger partial charge in [-0.05, 0) is 30.3 Å². The Morgan fingerprint density at radius 2 is 1.88 bits per heavy atom. The fourth-order valence-corrected chi connectivity index (χ4v) is 2.15. The molecule has 2 N–H and O–H groups in total. The predicted molar refractivity (Wildman–Crippen MR) is 92.3 cm³/mol. The molecule has 128 valence electrons. The number of nitrogens with zero attached hydrogens (tertiary/aromatic N) is 3. The molecule has 0 saturated heterocycles. The minimum Gasteiger partial charge on any atom is -0.497 e. The maximum atomic E-state index is 13.3. The van der Waals surface area contributed by atoms with Crippen molar-refractivity contribution >= 4 is 23.1 Å². The zero-order chi connectivity index (χ0) is 17.6. The van der Waals surface area contributed by atoms with Crippen molar-refractivity contribution in [2.24, 2.45) is 0 Å². The SMILES string of the molecule is COc1ccc(Nc2nncc(Nc3cccc(F)c3)n2)c(OC)c1. The number of methoxy groups -OCH3 is 2. The van der Waals surface area contributed by atoms with E-state index in [9.17, 15) is 4.39 Å². The second kappa shape index (κ2) is 7.43. The van der Waals surface area contributed by atoms with Crippen molar-refractivity contribution in [2.75, 3.05) is 24.9 Å². The number of anilines is 4. The molecular formula is C17H16FN5O2. The lowest BCUT2D eigenvalue weighted by Crippen LogP contribution is -2.03. The normalized spacial score (nSPS) is 10.2. The van der Waals surface area contributed by atoms with Gasteiger partial charge < -0.3 is 20.1 Å². The smallest absolute Gasteiger partial charge is 0.249 e. The molecule has 0 aliphatic rings. The van der Waals surface area contributed by atoms with Crippen molar-refractivity contribution in [1.82, 2.24) is 15.2 Å². The van der Waals surface area contributed by atoms with E-state index >= 15 is 0 Å². The van der Waals surface area contributed by atoms with Crippen LogP contribution in [0.5, 0.6) is 11.5 Å². The first-order valence-electron chi connectivity index (χ1n) is 7.39. The van der Waals surface area contributed by atoms with E-state index in [2.05, 4.69) is 25.8 Å². The summed E-state index contributed by atoms with van der Waals surface area (Å²) in [5.74, 6) is 1.60. The van der Waals surface area contributed by atoms with Crippen molar-refractivity contribution in [3.63, 3.8) is 0 Å². The lowest BCUT2D eigenvalue weighted by molar-refractivity contribution is 0.395. The molecule has 0 amide bonds. The molecule has 0 saturated carbocycles. The fraction of sp³-hybridized carbons (Fsp3) is 0.118. The average molecular weight is 341 g/mol. The minimum atomic E-state index is -0.340. The van der Waals surface area contributed by atoms with Crippen molar-refractivity contribution in [3.05, 3.63) is 54.5 Å². The molecule has 8 heteroatoms. The summed E-state index contributed by atoms with van der Waals surface area (Å²) in [7, 11) is 3.14. The first-order valence-corrected chi connectivity index (χ1v) is 7.39. The number of aromatic nitrogens is 3. The second-order valence-electron chi connectivity index (χ2n) is 4.99. The maximum absolute atomic E-state index is 13.3. The van der Waals surface area contributed by atoms with E-state index < -0.39 is 0 Å². The Balaban J connectivity index is 1.80. The highest BCUT2D eigenvalue weighted by Crippen LogP contribution is 2.30. The molecule has 0 spiro atoms. The van der Waals surface area contributed by atoms with Gasteiger partial charge in [-0.15, -0.1) is 5.10 Å². The summed E-state index contributed by atoms with van der Waals surface area (Å²) in [4.78, 5) is 4.31. The van der Waals surface area contributed by atoms with Crippen LogP contribution in [0.3, 0.4) is 0 Å². The molecule has 0 bridgehead atoms. The summed E-state index contributed by atoms with van der Waals surface area (Å²) in [6.07, 6.45) is 1.45. The highest BCUT2D eigenvalue weighted by Gasteiger charge is 2.08. The quantitative estimate of drug-likeness (QED) is 0.710. The summed E-state index contributed by atoms with van der Waals surface area (Å²) in [6.45, 7) is 0. The Kier molecular flexibility index (Phi) is 4.89.